The predicted molar refractivity (Wildman–Crippen MR) is 66.9 cm³/mol. The first-order valence-electron chi connectivity index (χ1n) is 5.92. The molecule has 0 aromatic carbocycles. The van der Waals surface area contributed by atoms with Crippen molar-refractivity contribution < 1.29 is 5.11 Å². The maximum atomic E-state index is 9.64. The molecule has 0 spiro atoms. The standard InChI is InChI=1S/C12H26OS/c1-4-5-6-7-8-12(13)10-14-9-11(2)3/h11-13H,4-10H2,1-3H3. The third-order valence-corrected chi connectivity index (χ3v) is 3.68. The summed E-state index contributed by atoms with van der Waals surface area (Å²) < 4.78 is 0. The highest BCUT2D eigenvalue weighted by Crippen LogP contribution is 2.13. The number of hydrogen-bond donors (Lipinski definition) is 1. The molecule has 0 aliphatic carbocycles. The van der Waals surface area contributed by atoms with Gasteiger partial charge in [0.25, 0.3) is 0 Å². The highest BCUT2D eigenvalue weighted by atomic mass is 32.2. The van der Waals surface area contributed by atoms with Crippen LogP contribution in [-0.2, 0) is 0 Å². The van der Waals surface area contributed by atoms with Gasteiger partial charge >= 0.3 is 0 Å². The molecule has 0 aliphatic heterocycles. The Morgan fingerprint density at radius 3 is 2.36 bits per heavy atom. The summed E-state index contributed by atoms with van der Waals surface area (Å²) in [4.78, 5) is 0. The van der Waals surface area contributed by atoms with Crippen LogP contribution in [-0.4, -0.2) is 22.7 Å². The molecule has 0 aliphatic rings. The van der Waals surface area contributed by atoms with Crippen LogP contribution in [0.15, 0.2) is 0 Å². The monoisotopic (exact) mass is 218 g/mol. The molecule has 0 saturated heterocycles. The number of hydrogen-bond acceptors (Lipinski definition) is 2. The van der Waals surface area contributed by atoms with Crippen molar-refractivity contribution in [2.24, 2.45) is 5.92 Å². The zero-order valence-electron chi connectivity index (χ0n) is 9.96. The predicted octanol–water partition coefficient (Wildman–Crippen LogP) is 3.71. The van der Waals surface area contributed by atoms with Gasteiger partial charge in [-0.3, -0.25) is 0 Å². The largest absolute Gasteiger partial charge is 0.392 e. The van der Waals surface area contributed by atoms with Crippen molar-refractivity contribution in [3.63, 3.8) is 0 Å². The summed E-state index contributed by atoms with van der Waals surface area (Å²) in [7, 11) is 0. The molecule has 0 bridgehead atoms. The smallest absolute Gasteiger partial charge is 0.0630 e. The van der Waals surface area contributed by atoms with Gasteiger partial charge in [-0.15, -0.1) is 0 Å². The van der Waals surface area contributed by atoms with Crippen LogP contribution in [0.2, 0.25) is 0 Å². The normalized spacial score (nSPS) is 13.5. The first-order valence-corrected chi connectivity index (χ1v) is 7.08. The average Bonchev–Trinajstić information content (AvgIpc) is 2.12. The van der Waals surface area contributed by atoms with Crippen LogP contribution in [0.3, 0.4) is 0 Å². The third kappa shape index (κ3) is 10.4. The van der Waals surface area contributed by atoms with Gasteiger partial charge in [0, 0.05) is 5.75 Å². The molecule has 0 heterocycles. The molecule has 1 unspecified atom stereocenters. The average molecular weight is 218 g/mol. The molecular formula is C12H26OS. The van der Waals surface area contributed by atoms with Gasteiger partial charge in [-0.2, -0.15) is 11.8 Å². The van der Waals surface area contributed by atoms with Crippen molar-refractivity contribution in [3.8, 4) is 0 Å². The molecule has 1 atom stereocenters. The summed E-state index contributed by atoms with van der Waals surface area (Å²) in [6, 6.07) is 0. The minimum absolute atomic E-state index is 0.0735. The van der Waals surface area contributed by atoms with Crippen LogP contribution in [0, 0.1) is 5.92 Å². The van der Waals surface area contributed by atoms with Crippen molar-refractivity contribution in [3.05, 3.63) is 0 Å². The molecule has 86 valence electrons. The molecule has 0 amide bonds. The molecule has 0 aromatic rings. The van der Waals surface area contributed by atoms with E-state index in [1.54, 1.807) is 0 Å². The number of thioether (sulfide) groups is 1. The van der Waals surface area contributed by atoms with Crippen LogP contribution in [0.1, 0.15) is 52.9 Å². The molecule has 0 rings (SSSR count). The zero-order chi connectivity index (χ0) is 10.8. The molecule has 1 nitrogen and oxygen atoms in total. The summed E-state index contributed by atoms with van der Waals surface area (Å²) in [5.74, 6) is 2.84. The van der Waals surface area contributed by atoms with Crippen LogP contribution >= 0.6 is 11.8 Å². The lowest BCUT2D eigenvalue weighted by Gasteiger charge is -2.10. The zero-order valence-corrected chi connectivity index (χ0v) is 10.8. The van der Waals surface area contributed by atoms with Gasteiger partial charge in [-0.05, 0) is 18.1 Å². The van der Waals surface area contributed by atoms with Gasteiger partial charge in [0.15, 0.2) is 0 Å². The van der Waals surface area contributed by atoms with E-state index < -0.39 is 0 Å². The van der Waals surface area contributed by atoms with E-state index in [0.717, 1.165) is 18.1 Å². The molecule has 14 heavy (non-hydrogen) atoms. The summed E-state index contributed by atoms with van der Waals surface area (Å²) >= 11 is 1.88. The number of aliphatic hydroxyl groups excluding tert-OH is 1. The summed E-state index contributed by atoms with van der Waals surface area (Å²) in [5, 5.41) is 9.64. The third-order valence-electron chi connectivity index (χ3n) is 2.15. The lowest BCUT2D eigenvalue weighted by atomic mass is 10.1. The molecule has 1 N–H and O–H groups in total. The van der Waals surface area contributed by atoms with Crippen molar-refractivity contribution in [1.82, 2.24) is 0 Å². The second-order valence-electron chi connectivity index (χ2n) is 4.43. The van der Waals surface area contributed by atoms with E-state index >= 15 is 0 Å². The van der Waals surface area contributed by atoms with E-state index in [2.05, 4.69) is 20.8 Å². The highest BCUT2D eigenvalue weighted by Gasteiger charge is 2.04. The summed E-state index contributed by atoms with van der Waals surface area (Å²) in [6.45, 7) is 6.66. The quantitative estimate of drug-likeness (QED) is 0.595. The molecular weight excluding hydrogens is 192 g/mol. The van der Waals surface area contributed by atoms with E-state index in [4.69, 9.17) is 0 Å². The SMILES string of the molecule is CCCCCCC(O)CSCC(C)C. The Kier molecular flexibility index (Phi) is 10.1. The fourth-order valence-corrected chi connectivity index (χ4v) is 2.38. The van der Waals surface area contributed by atoms with Gasteiger partial charge in [0.05, 0.1) is 6.10 Å². The van der Waals surface area contributed by atoms with Gasteiger partial charge in [0.1, 0.15) is 0 Å². The maximum absolute atomic E-state index is 9.64. The summed E-state index contributed by atoms with van der Waals surface area (Å²) in [5.41, 5.74) is 0. The lowest BCUT2D eigenvalue weighted by Crippen LogP contribution is -2.10. The molecule has 0 fully saturated rings. The topological polar surface area (TPSA) is 20.2 Å². The summed E-state index contributed by atoms with van der Waals surface area (Å²) in [6.07, 6.45) is 5.98. The van der Waals surface area contributed by atoms with Crippen LogP contribution < -0.4 is 0 Å². The molecule has 0 radical (unpaired) electrons. The molecule has 0 saturated carbocycles. The molecule has 2 heteroatoms. The van der Waals surface area contributed by atoms with Gasteiger partial charge in [-0.25, -0.2) is 0 Å². The number of rotatable bonds is 9. The van der Waals surface area contributed by atoms with E-state index in [1.807, 2.05) is 11.8 Å². The highest BCUT2D eigenvalue weighted by molar-refractivity contribution is 7.99. The lowest BCUT2D eigenvalue weighted by molar-refractivity contribution is 0.185. The van der Waals surface area contributed by atoms with E-state index in [9.17, 15) is 5.11 Å². The number of unbranched alkanes of at least 4 members (excludes halogenated alkanes) is 3. The van der Waals surface area contributed by atoms with E-state index in [0.29, 0.717) is 0 Å². The minimum Gasteiger partial charge on any atom is -0.392 e. The van der Waals surface area contributed by atoms with Crippen molar-refractivity contribution in [2.75, 3.05) is 11.5 Å². The second kappa shape index (κ2) is 9.85. The maximum Gasteiger partial charge on any atom is 0.0630 e. The van der Waals surface area contributed by atoms with Crippen LogP contribution in [0.25, 0.3) is 0 Å². The van der Waals surface area contributed by atoms with Crippen molar-refractivity contribution >= 4 is 11.8 Å². The Morgan fingerprint density at radius 2 is 1.79 bits per heavy atom. The van der Waals surface area contributed by atoms with Gasteiger partial charge in [-0.1, -0.05) is 46.5 Å². The molecule has 0 aromatic heterocycles. The first-order chi connectivity index (χ1) is 6.66. The Morgan fingerprint density at radius 1 is 1.07 bits per heavy atom. The fourth-order valence-electron chi connectivity index (χ4n) is 1.33. The Balaban J connectivity index is 3.15. The fraction of sp³-hybridized carbons (Fsp3) is 1.00. The van der Waals surface area contributed by atoms with E-state index in [1.165, 1.54) is 31.4 Å². The van der Waals surface area contributed by atoms with Crippen molar-refractivity contribution in [1.29, 1.82) is 0 Å². The Labute approximate surface area is 93.7 Å². The van der Waals surface area contributed by atoms with Gasteiger partial charge < -0.3 is 5.11 Å². The number of aliphatic hydroxyl groups is 1. The minimum atomic E-state index is -0.0735. The second-order valence-corrected chi connectivity index (χ2v) is 5.51. The van der Waals surface area contributed by atoms with Crippen LogP contribution in [0.5, 0.6) is 0 Å². The van der Waals surface area contributed by atoms with E-state index in [-0.39, 0.29) is 6.10 Å². The van der Waals surface area contributed by atoms with Gasteiger partial charge in [0.2, 0.25) is 0 Å². The van der Waals surface area contributed by atoms with Crippen molar-refractivity contribution in [2.45, 2.75) is 59.0 Å². The van der Waals surface area contributed by atoms with Crippen LogP contribution in [0.4, 0.5) is 0 Å². The Hall–Kier alpha value is 0.310. The first kappa shape index (κ1) is 14.3. The Bertz CT molecular complexity index is 115.